The van der Waals surface area contributed by atoms with Gasteiger partial charge in [0.2, 0.25) is 0 Å². The first kappa shape index (κ1) is 51.7. The normalized spacial score (nSPS) is 26.8. The van der Waals surface area contributed by atoms with Gasteiger partial charge in [-0.1, -0.05) is 113 Å². The zero-order chi connectivity index (χ0) is 41.3. The zero-order valence-corrected chi connectivity index (χ0v) is 36.2. The van der Waals surface area contributed by atoms with E-state index in [1.54, 1.807) is 0 Å². The molecule has 3 N–H and O–H groups in total. The molecule has 1 rings (SSSR count). The Morgan fingerprint density at radius 1 is 0.439 bits per heavy atom. The lowest BCUT2D eigenvalue weighted by molar-refractivity contribution is -0.144. The largest absolute Gasteiger partial charge is 0.464 e. The van der Waals surface area contributed by atoms with E-state index in [0.717, 1.165) is 116 Å². The molecule has 0 bridgehead atoms. The summed E-state index contributed by atoms with van der Waals surface area (Å²) in [6.07, 6.45) is 44.4. The van der Waals surface area contributed by atoms with Crippen molar-refractivity contribution in [1.82, 2.24) is 16.0 Å². The molecule has 9 nitrogen and oxygen atoms in total. The van der Waals surface area contributed by atoms with E-state index in [1.807, 2.05) is 0 Å². The number of hydrogen-bond acceptors (Lipinski definition) is 9. The third kappa shape index (κ3) is 34.5. The minimum absolute atomic E-state index is 0.134. The summed E-state index contributed by atoms with van der Waals surface area (Å²) in [6.45, 7) is 9.73. The standard InChI is InChI=1S/C48H81N3O6/c1-4-28-43-31-22-16-10-7-13-19-26-35-47(53)56-41-38-50-45(30-6-3)33-24-18-12-9-15-21-27-36-48(54)57-42-39-51-44(29-5-2)32-23-17-11-8-14-20-25-34-46(52)55-40-37-49-43/h7-9,13-18,22-24,43-45,49-51H,4-6,10-12,19-21,25-42H2,1-3H3/b13-7-,14-8+,15-9+,22-16+,23-17+,24-18+. The van der Waals surface area contributed by atoms with Crippen LogP contribution >= 0.6 is 0 Å². The van der Waals surface area contributed by atoms with Gasteiger partial charge in [-0.05, 0) is 96.3 Å². The number of esters is 3. The first-order chi connectivity index (χ1) is 28.0. The molecule has 3 unspecified atom stereocenters. The molecule has 324 valence electrons. The van der Waals surface area contributed by atoms with Gasteiger partial charge in [-0.2, -0.15) is 0 Å². The monoisotopic (exact) mass is 796 g/mol. The van der Waals surface area contributed by atoms with Crippen molar-refractivity contribution < 1.29 is 28.6 Å². The van der Waals surface area contributed by atoms with Gasteiger partial charge in [0.15, 0.2) is 0 Å². The fourth-order valence-electron chi connectivity index (χ4n) is 6.50. The van der Waals surface area contributed by atoms with Crippen LogP contribution in [-0.2, 0) is 28.6 Å². The van der Waals surface area contributed by atoms with Gasteiger partial charge < -0.3 is 30.2 Å². The number of carbonyl (C=O) groups is 3. The van der Waals surface area contributed by atoms with Crippen LogP contribution in [0.15, 0.2) is 72.9 Å². The molecule has 0 aliphatic carbocycles. The molecular formula is C48H81N3O6. The smallest absolute Gasteiger partial charge is 0.305 e. The fourth-order valence-corrected chi connectivity index (χ4v) is 6.50. The van der Waals surface area contributed by atoms with Crippen LogP contribution in [-0.4, -0.2) is 75.5 Å². The Morgan fingerprint density at radius 2 is 0.719 bits per heavy atom. The van der Waals surface area contributed by atoms with E-state index in [4.69, 9.17) is 14.2 Å². The maximum Gasteiger partial charge on any atom is 0.305 e. The summed E-state index contributed by atoms with van der Waals surface area (Å²) in [5.74, 6) is -0.403. The molecule has 9 heteroatoms. The van der Waals surface area contributed by atoms with Crippen LogP contribution in [0, 0.1) is 0 Å². The highest BCUT2D eigenvalue weighted by Crippen LogP contribution is 2.08. The van der Waals surface area contributed by atoms with Crippen molar-refractivity contribution in [2.24, 2.45) is 0 Å². The zero-order valence-electron chi connectivity index (χ0n) is 36.2. The molecule has 1 aliphatic heterocycles. The van der Waals surface area contributed by atoms with Gasteiger partial charge in [-0.3, -0.25) is 14.4 Å². The Bertz CT molecular complexity index is 1030. The van der Waals surface area contributed by atoms with Crippen molar-refractivity contribution in [3.8, 4) is 0 Å². The van der Waals surface area contributed by atoms with Crippen molar-refractivity contribution in [2.75, 3.05) is 39.5 Å². The minimum atomic E-state index is -0.134. The lowest BCUT2D eigenvalue weighted by Crippen LogP contribution is -2.32. The Morgan fingerprint density at radius 3 is 1.00 bits per heavy atom. The molecule has 0 aromatic heterocycles. The van der Waals surface area contributed by atoms with Crippen LogP contribution in [0.3, 0.4) is 0 Å². The van der Waals surface area contributed by atoms with E-state index < -0.39 is 0 Å². The molecule has 0 saturated carbocycles. The summed E-state index contributed by atoms with van der Waals surface area (Å²) in [5, 5.41) is 10.6. The number of allylic oxidation sites excluding steroid dienone is 9. The molecule has 0 saturated heterocycles. The molecule has 0 radical (unpaired) electrons. The minimum Gasteiger partial charge on any atom is -0.464 e. The molecule has 3 atom stereocenters. The van der Waals surface area contributed by atoms with E-state index >= 15 is 0 Å². The van der Waals surface area contributed by atoms with E-state index in [2.05, 4.69) is 110 Å². The average molecular weight is 796 g/mol. The summed E-state index contributed by atoms with van der Waals surface area (Å²) in [6, 6.07) is 1.10. The molecule has 0 amide bonds. The van der Waals surface area contributed by atoms with Crippen LogP contribution < -0.4 is 16.0 Å². The number of nitrogens with one attached hydrogen (secondary N) is 3. The summed E-state index contributed by atoms with van der Waals surface area (Å²) in [7, 11) is 0. The molecule has 0 aromatic carbocycles. The lowest BCUT2D eigenvalue weighted by Gasteiger charge is -2.16. The summed E-state index contributed by atoms with van der Waals surface area (Å²) in [5.41, 5.74) is 0. The predicted octanol–water partition coefficient (Wildman–Crippen LogP) is 10.1. The second kappa shape index (κ2) is 39.6. The topological polar surface area (TPSA) is 115 Å². The number of ether oxygens (including phenoxy) is 3. The molecule has 57 heavy (non-hydrogen) atoms. The van der Waals surface area contributed by atoms with Crippen molar-refractivity contribution in [1.29, 1.82) is 0 Å². The van der Waals surface area contributed by atoms with Gasteiger partial charge in [0, 0.05) is 57.0 Å². The highest BCUT2D eigenvalue weighted by Gasteiger charge is 2.09. The summed E-state index contributed by atoms with van der Waals surface area (Å²) in [4.78, 5) is 36.7. The number of hydrogen-bond donors (Lipinski definition) is 3. The first-order valence-electron chi connectivity index (χ1n) is 22.5. The third-order valence-electron chi connectivity index (χ3n) is 9.64. The van der Waals surface area contributed by atoms with Crippen LogP contribution in [0.2, 0.25) is 0 Å². The van der Waals surface area contributed by atoms with Gasteiger partial charge >= 0.3 is 17.9 Å². The average Bonchev–Trinajstić information content (AvgIpc) is 3.20. The summed E-state index contributed by atoms with van der Waals surface area (Å²) < 4.78 is 16.4. The Hall–Kier alpha value is -3.27. The van der Waals surface area contributed by atoms with Gasteiger partial charge in [-0.25, -0.2) is 0 Å². The number of carbonyl (C=O) groups excluding carboxylic acids is 3. The fraction of sp³-hybridized carbons (Fsp3) is 0.688. The summed E-state index contributed by atoms with van der Waals surface area (Å²) >= 11 is 0. The van der Waals surface area contributed by atoms with E-state index in [0.29, 0.717) is 76.8 Å². The number of cyclic esters (lactones) is 3. The van der Waals surface area contributed by atoms with Gasteiger partial charge in [0.05, 0.1) is 0 Å². The van der Waals surface area contributed by atoms with Crippen LogP contribution in [0.25, 0.3) is 0 Å². The molecule has 1 aliphatic rings. The van der Waals surface area contributed by atoms with Crippen LogP contribution in [0.1, 0.15) is 156 Å². The van der Waals surface area contributed by atoms with Crippen molar-refractivity contribution >= 4 is 17.9 Å². The molecule has 0 aromatic rings. The van der Waals surface area contributed by atoms with Crippen molar-refractivity contribution in [2.45, 2.75) is 174 Å². The lowest BCUT2D eigenvalue weighted by atomic mass is 10.1. The highest BCUT2D eigenvalue weighted by molar-refractivity contribution is 5.70. The maximum atomic E-state index is 12.2. The molecule has 0 fully saturated rings. The quantitative estimate of drug-likeness (QED) is 0.137. The Labute approximate surface area is 347 Å². The maximum absolute atomic E-state index is 12.2. The van der Waals surface area contributed by atoms with Gasteiger partial charge in [0.25, 0.3) is 0 Å². The van der Waals surface area contributed by atoms with E-state index in [1.165, 1.54) is 0 Å². The Kier molecular flexibility index (Phi) is 35.9. The predicted molar refractivity (Wildman–Crippen MR) is 237 cm³/mol. The first-order valence-corrected chi connectivity index (χ1v) is 22.5. The molecular weight excluding hydrogens is 715 g/mol. The SMILES string of the molecule is CCCC1C/C=C/C/C=C/CCCC(=O)OCCNC(CCC)C/C=C/C/C=C/CCCC(=O)OCCNC(CCC)C/C=C/C/C=C\CCCC(=O)OCCN1. The van der Waals surface area contributed by atoms with Crippen molar-refractivity contribution in [3.63, 3.8) is 0 Å². The van der Waals surface area contributed by atoms with Gasteiger partial charge in [0.1, 0.15) is 19.8 Å². The highest BCUT2D eigenvalue weighted by atomic mass is 16.5. The second-order valence-corrected chi connectivity index (χ2v) is 14.9. The van der Waals surface area contributed by atoms with Crippen LogP contribution in [0.5, 0.6) is 0 Å². The second-order valence-electron chi connectivity index (χ2n) is 14.9. The molecule has 0 spiro atoms. The van der Waals surface area contributed by atoms with E-state index in [-0.39, 0.29) is 17.9 Å². The van der Waals surface area contributed by atoms with Crippen molar-refractivity contribution in [3.05, 3.63) is 72.9 Å². The Balaban J connectivity index is 2.59. The number of rotatable bonds is 6. The molecule has 1 heterocycles. The third-order valence-corrected chi connectivity index (χ3v) is 9.64. The van der Waals surface area contributed by atoms with Crippen LogP contribution in [0.4, 0.5) is 0 Å². The van der Waals surface area contributed by atoms with E-state index in [9.17, 15) is 14.4 Å². The van der Waals surface area contributed by atoms with Gasteiger partial charge in [-0.15, -0.1) is 0 Å².